The van der Waals surface area contributed by atoms with Gasteiger partial charge in [-0.15, -0.1) is 0 Å². The van der Waals surface area contributed by atoms with E-state index < -0.39 is 10.6 Å². The smallest absolute Gasteiger partial charge is 0.406 e. The Kier molecular flexibility index (Phi) is 2.37. The van der Waals surface area contributed by atoms with E-state index in [-0.39, 0.29) is 0 Å². The maximum atomic E-state index is 9.73. The Morgan fingerprint density at radius 3 is 2.12 bits per heavy atom. The van der Waals surface area contributed by atoms with Crippen LogP contribution < -0.4 is 5.32 Å². The normalized spacial score (nSPS) is 10.9. The van der Waals surface area contributed by atoms with Crippen molar-refractivity contribution in [2.75, 3.05) is 0 Å². The zero-order chi connectivity index (χ0) is 6.78. The lowest BCUT2D eigenvalue weighted by molar-refractivity contribution is 0.192. The number of alkyl halides is 2. The topological polar surface area (TPSA) is 49.3 Å². The summed E-state index contributed by atoms with van der Waals surface area (Å²) in [4.78, 5) is 9.73. The van der Waals surface area contributed by atoms with Crippen molar-refractivity contribution in [2.45, 2.75) is 11.4 Å². The molecule has 0 saturated heterocycles. The van der Waals surface area contributed by atoms with Crippen LogP contribution in [0.1, 0.15) is 6.92 Å². The standard InChI is InChI=1S/C3H5Cl2NO2/c1-3(4,5)6-2(7)8/h6H,1H3,(H,7,8). The first-order chi connectivity index (χ1) is 3.42. The molecule has 0 fully saturated rings. The Hall–Kier alpha value is -0.150. The van der Waals surface area contributed by atoms with Crippen molar-refractivity contribution in [2.24, 2.45) is 0 Å². The molecule has 0 spiro atoms. The van der Waals surface area contributed by atoms with Crippen LogP contribution >= 0.6 is 23.2 Å². The number of hydrogen-bond acceptors (Lipinski definition) is 1. The zero-order valence-electron chi connectivity index (χ0n) is 4.11. The highest BCUT2D eigenvalue weighted by molar-refractivity contribution is 6.48. The molecule has 0 aliphatic heterocycles. The van der Waals surface area contributed by atoms with Crippen LogP contribution in [0.15, 0.2) is 0 Å². The van der Waals surface area contributed by atoms with Crippen molar-refractivity contribution in [1.29, 1.82) is 0 Å². The summed E-state index contributed by atoms with van der Waals surface area (Å²) in [7, 11) is 0. The van der Waals surface area contributed by atoms with Crippen molar-refractivity contribution < 1.29 is 9.90 Å². The third kappa shape index (κ3) is 5.85. The lowest BCUT2D eigenvalue weighted by atomic mass is 10.7. The van der Waals surface area contributed by atoms with Gasteiger partial charge >= 0.3 is 6.09 Å². The van der Waals surface area contributed by atoms with Gasteiger partial charge in [-0.25, -0.2) is 4.79 Å². The molecule has 2 N–H and O–H groups in total. The van der Waals surface area contributed by atoms with Gasteiger partial charge in [-0.1, -0.05) is 23.2 Å². The highest BCUT2D eigenvalue weighted by Crippen LogP contribution is 2.13. The van der Waals surface area contributed by atoms with E-state index in [4.69, 9.17) is 28.3 Å². The Labute approximate surface area is 56.6 Å². The highest BCUT2D eigenvalue weighted by Gasteiger charge is 2.17. The van der Waals surface area contributed by atoms with Crippen molar-refractivity contribution in [3.63, 3.8) is 0 Å². The van der Waals surface area contributed by atoms with Gasteiger partial charge in [0.2, 0.25) is 0 Å². The van der Waals surface area contributed by atoms with Crippen LogP contribution in [0, 0.1) is 0 Å². The number of carbonyl (C=O) groups is 1. The molecule has 0 aromatic carbocycles. The molecule has 0 aromatic rings. The van der Waals surface area contributed by atoms with Gasteiger partial charge in [-0.05, 0) is 6.92 Å². The molecule has 48 valence electrons. The monoisotopic (exact) mass is 157 g/mol. The number of amides is 1. The maximum Gasteiger partial charge on any atom is 0.406 e. The summed E-state index contributed by atoms with van der Waals surface area (Å²) >= 11 is 10.4. The first kappa shape index (κ1) is 7.85. The predicted octanol–water partition coefficient (Wildman–Crippen LogP) is 1.41. The lowest BCUT2D eigenvalue weighted by Crippen LogP contribution is -2.35. The van der Waals surface area contributed by atoms with Gasteiger partial charge in [0, 0.05) is 0 Å². The summed E-state index contributed by atoms with van der Waals surface area (Å²) in [5.41, 5.74) is 0. The summed E-state index contributed by atoms with van der Waals surface area (Å²) in [6, 6.07) is 0. The number of hydrogen-bond donors (Lipinski definition) is 2. The number of halogens is 2. The van der Waals surface area contributed by atoms with Crippen LogP contribution in [0.5, 0.6) is 0 Å². The summed E-state index contributed by atoms with van der Waals surface area (Å²) in [5.74, 6) is 0. The van der Waals surface area contributed by atoms with Crippen LogP contribution in [-0.2, 0) is 0 Å². The Balaban J connectivity index is 3.55. The van der Waals surface area contributed by atoms with E-state index in [0.29, 0.717) is 0 Å². The first-order valence-electron chi connectivity index (χ1n) is 1.81. The molecule has 0 aliphatic carbocycles. The lowest BCUT2D eigenvalue weighted by Gasteiger charge is -2.10. The minimum Gasteiger partial charge on any atom is -0.465 e. The maximum absolute atomic E-state index is 9.73. The first-order valence-corrected chi connectivity index (χ1v) is 2.56. The highest BCUT2D eigenvalue weighted by atomic mass is 35.5. The fraction of sp³-hybridized carbons (Fsp3) is 0.667. The quantitative estimate of drug-likeness (QED) is 0.447. The molecule has 0 radical (unpaired) electrons. The van der Waals surface area contributed by atoms with E-state index in [2.05, 4.69) is 0 Å². The van der Waals surface area contributed by atoms with E-state index in [9.17, 15) is 4.79 Å². The summed E-state index contributed by atoms with van der Waals surface area (Å²) < 4.78 is -1.38. The Morgan fingerprint density at radius 2 is 2.12 bits per heavy atom. The van der Waals surface area contributed by atoms with Crippen LogP contribution in [0.4, 0.5) is 4.79 Å². The molecular formula is C3H5Cl2NO2. The molecule has 0 saturated carbocycles. The molecular weight excluding hydrogens is 153 g/mol. The molecule has 3 nitrogen and oxygen atoms in total. The van der Waals surface area contributed by atoms with Crippen LogP contribution in [0.3, 0.4) is 0 Å². The molecule has 0 bridgehead atoms. The van der Waals surface area contributed by atoms with Crippen LogP contribution in [0.25, 0.3) is 0 Å². The SMILES string of the molecule is CC(Cl)(Cl)NC(=O)O. The second-order valence-electron chi connectivity index (χ2n) is 1.32. The largest absolute Gasteiger partial charge is 0.465 e. The minimum absolute atomic E-state index is 1.24. The van der Waals surface area contributed by atoms with E-state index in [0.717, 1.165) is 0 Å². The summed E-state index contributed by atoms with van der Waals surface area (Å²) in [6.45, 7) is 1.32. The van der Waals surface area contributed by atoms with Gasteiger partial charge in [0.15, 0.2) is 4.46 Å². The predicted molar refractivity (Wildman–Crippen MR) is 31.3 cm³/mol. The van der Waals surface area contributed by atoms with Crippen molar-refractivity contribution in [1.82, 2.24) is 5.32 Å². The van der Waals surface area contributed by atoms with E-state index in [1.165, 1.54) is 6.92 Å². The average Bonchev–Trinajstić information content (AvgIpc) is 1.21. The van der Waals surface area contributed by atoms with Crippen LogP contribution in [0.2, 0.25) is 0 Å². The second-order valence-corrected chi connectivity index (χ2v) is 3.02. The fourth-order valence-corrected chi connectivity index (χ4v) is 0.349. The molecule has 1 amide bonds. The molecule has 0 aromatic heterocycles. The van der Waals surface area contributed by atoms with Gasteiger partial charge in [0.25, 0.3) is 0 Å². The van der Waals surface area contributed by atoms with E-state index in [1.807, 2.05) is 5.32 Å². The second kappa shape index (κ2) is 2.42. The van der Waals surface area contributed by atoms with Crippen molar-refractivity contribution >= 4 is 29.3 Å². The summed E-state index contributed by atoms with van der Waals surface area (Å²) in [5, 5.41) is 9.80. The molecule has 5 heteroatoms. The van der Waals surface area contributed by atoms with E-state index >= 15 is 0 Å². The average molecular weight is 158 g/mol. The number of carboxylic acid groups (broad SMARTS) is 1. The Bertz CT molecular complexity index is 97.9. The molecule has 0 heterocycles. The van der Waals surface area contributed by atoms with Gasteiger partial charge in [-0.2, -0.15) is 0 Å². The third-order valence-corrected chi connectivity index (χ3v) is 0.515. The van der Waals surface area contributed by atoms with Crippen LogP contribution in [-0.4, -0.2) is 15.7 Å². The van der Waals surface area contributed by atoms with Gasteiger partial charge in [0.1, 0.15) is 0 Å². The van der Waals surface area contributed by atoms with Gasteiger partial charge < -0.3 is 5.11 Å². The van der Waals surface area contributed by atoms with Crippen molar-refractivity contribution in [3.8, 4) is 0 Å². The fourth-order valence-electron chi connectivity index (χ4n) is 0.188. The van der Waals surface area contributed by atoms with Gasteiger partial charge in [0.05, 0.1) is 0 Å². The number of rotatable bonds is 1. The third-order valence-electron chi connectivity index (χ3n) is 0.326. The Morgan fingerprint density at radius 1 is 1.75 bits per heavy atom. The molecule has 8 heavy (non-hydrogen) atoms. The number of nitrogens with one attached hydrogen (secondary N) is 1. The molecule has 0 atom stereocenters. The molecule has 0 aliphatic rings. The van der Waals surface area contributed by atoms with Gasteiger partial charge in [-0.3, -0.25) is 5.32 Å². The van der Waals surface area contributed by atoms with E-state index in [1.54, 1.807) is 0 Å². The van der Waals surface area contributed by atoms with Crippen molar-refractivity contribution in [3.05, 3.63) is 0 Å². The minimum atomic E-state index is -1.38. The summed E-state index contributed by atoms with van der Waals surface area (Å²) in [6.07, 6.45) is -1.24. The zero-order valence-corrected chi connectivity index (χ0v) is 5.62. The molecule has 0 rings (SSSR count). The molecule has 0 unspecified atom stereocenters.